The second kappa shape index (κ2) is 18.5. The first-order chi connectivity index (χ1) is 17.1. The molecule has 189 valence electrons. The Bertz CT molecular complexity index is 1060. The summed E-state index contributed by atoms with van der Waals surface area (Å²) >= 11 is 0. The number of carbonyl (C=O) groups excluding carboxylic acids is 3. The van der Waals surface area contributed by atoms with Gasteiger partial charge >= 0.3 is 0 Å². The molecule has 0 aliphatic carbocycles. The Morgan fingerprint density at radius 2 is 0.649 bits per heavy atom. The number of benzene rings is 3. The third-order valence-corrected chi connectivity index (χ3v) is 4.23. The van der Waals surface area contributed by atoms with E-state index < -0.39 is 0 Å². The van der Waals surface area contributed by atoms with E-state index in [1.165, 1.54) is 39.0 Å². The number of aliphatic hydroxyl groups excluding tert-OH is 3. The van der Waals surface area contributed by atoms with Crippen LogP contribution in [0, 0.1) is 0 Å². The molecule has 3 aromatic carbocycles. The van der Waals surface area contributed by atoms with Gasteiger partial charge in [-0.15, -0.1) is 0 Å². The summed E-state index contributed by atoms with van der Waals surface area (Å²) in [5, 5.41) is 28.0. The zero-order valence-corrected chi connectivity index (χ0v) is 25.5. The Morgan fingerprint density at radius 3 is 0.811 bits per heavy atom. The fourth-order valence-electron chi connectivity index (χ4n) is 2.65. The van der Waals surface area contributed by atoms with E-state index in [4.69, 9.17) is 0 Å². The Kier molecular flexibility index (Phi) is 16.6. The average Bonchev–Trinajstić information content (AvgIpc) is 2.85. The van der Waals surface area contributed by atoms with Crippen LogP contribution in [0.4, 0.5) is 0 Å². The fourth-order valence-corrected chi connectivity index (χ4v) is 2.65. The summed E-state index contributed by atoms with van der Waals surface area (Å²) < 4.78 is 0. The van der Waals surface area contributed by atoms with Gasteiger partial charge in [-0.1, -0.05) is 91.0 Å². The van der Waals surface area contributed by atoms with Crippen molar-refractivity contribution in [2.45, 2.75) is 20.8 Å². The van der Waals surface area contributed by atoms with Crippen molar-refractivity contribution < 1.29 is 29.7 Å². The van der Waals surface area contributed by atoms with Gasteiger partial charge in [0, 0.05) is 62.2 Å². The number of ketones is 3. The average molecular weight is 691 g/mol. The van der Waals surface area contributed by atoms with Crippen LogP contribution in [0.3, 0.4) is 0 Å². The summed E-state index contributed by atoms with van der Waals surface area (Å²) in [6.07, 6.45) is 3.61. The van der Waals surface area contributed by atoms with Crippen molar-refractivity contribution in [2.75, 3.05) is 0 Å². The van der Waals surface area contributed by atoms with Crippen LogP contribution in [-0.2, 0) is 14.4 Å². The Morgan fingerprint density at radius 1 is 0.459 bits per heavy atom. The molecule has 0 aliphatic rings. The zero-order chi connectivity index (χ0) is 26.9. The van der Waals surface area contributed by atoms with Gasteiger partial charge in [0.25, 0.3) is 0 Å². The molecule has 0 heterocycles. The molecular weight excluding hydrogens is 661 g/mol. The van der Waals surface area contributed by atoms with E-state index in [0.717, 1.165) is 0 Å². The summed E-state index contributed by atoms with van der Waals surface area (Å²) in [5.41, 5.74) is 1.98. The molecule has 37 heavy (non-hydrogen) atoms. The van der Waals surface area contributed by atoms with Gasteiger partial charge in [0.05, 0.1) is 0 Å². The molecule has 0 unspecified atom stereocenters. The van der Waals surface area contributed by atoms with Crippen molar-refractivity contribution in [2.24, 2.45) is 0 Å². The Hall–Kier alpha value is -3.79. The molecule has 0 spiro atoms. The van der Waals surface area contributed by atoms with Crippen LogP contribution in [0.15, 0.2) is 109 Å². The molecule has 0 saturated heterocycles. The number of carbonyl (C=O) groups is 3. The van der Waals surface area contributed by atoms with E-state index in [-0.39, 0.29) is 61.9 Å². The molecule has 3 rings (SSSR count). The van der Waals surface area contributed by atoms with Crippen molar-refractivity contribution in [3.8, 4) is 0 Å². The summed E-state index contributed by atoms with van der Waals surface area (Å²) in [7, 11) is 0. The molecule has 0 saturated carbocycles. The molecule has 3 aromatic rings. The van der Waals surface area contributed by atoms with E-state index in [1.807, 2.05) is 18.2 Å². The maximum absolute atomic E-state index is 10.6. The first-order valence-corrected chi connectivity index (χ1v) is 11.0. The summed E-state index contributed by atoms with van der Waals surface area (Å²) in [5.74, 6) is -0.418. The molecule has 0 atom stereocenters. The Balaban J connectivity index is 0.000000518. The standard InChI is InChI=1S/3C10H10O2.Tl/c3*1-8(11)7-10(12)9-5-3-2-4-6-9;/h3*2-7,12H,1H3;/b3*10-7-;. The predicted molar refractivity (Wildman–Crippen MR) is 149 cm³/mol. The number of hydrogen-bond acceptors (Lipinski definition) is 6. The first-order valence-electron chi connectivity index (χ1n) is 11.0. The number of rotatable bonds is 6. The van der Waals surface area contributed by atoms with Gasteiger partial charge < -0.3 is 15.3 Å². The smallest absolute Gasteiger partial charge is 0.156 e. The van der Waals surface area contributed by atoms with Crippen molar-refractivity contribution in [1.29, 1.82) is 0 Å². The topological polar surface area (TPSA) is 112 Å². The van der Waals surface area contributed by atoms with Gasteiger partial charge in [-0.25, -0.2) is 0 Å². The van der Waals surface area contributed by atoms with Crippen molar-refractivity contribution >= 4 is 61.9 Å². The normalized spacial score (nSPS) is 10.9. The molecule has 7 heteroatoms. The predicted octanol–water partition coefficient (Wildman–Crippen LogP) is 6.14. The van der Waals surface area contributed by atoms with E-state index in [1.54, 1.807) is 72.8 Å². The third kappa shape index (κ3) is 15.0. The molecule has 3 N–H and O–H groups in total. The number of allylic oxidation sites excluding steroid dienone is 3. The second-order valence-electron chi connectivity index (χ2n) is 7.52. The van der Waals surface area contributed by atoms with Crippen molar-refractivity contribution in [3.63, 3.8) is 0 Å². The Labute approximate surface area is 237 Å². The van der Waals surface area contributed by atoms with Crippen molar-refractivity contribution in [3.05, 3.63) is 126 Å². The molecule has 0 fully saturated rings. The fraction of sp³-hybridized carbons (Fsp3) is 0.100. The number of aliphatic hydroxyl groups is 3. The minimum absolute atomic E-state index is 0. The van der Waals surface area contributed by atoms with E-state index in [9.17, 15) is 29.7 Å². The largest absolute Gasteiger partial charge is 0.507 e. The maximum atomic E-state index is 10.6. The van der Waals surface area contributed by atoms with Crippen LogP contribution in [0.1, 0.15) is 37.5 Å². The molecule has 6 nitrogen and oxygen atoms in total. The van der Waals surface area contributed by atoms with E-state index >= 15 is 0 Å². The molecule has 0 amide bonds. The maximum Gasteiger partial charge on any atom is 0.156 e. The first kappa shape index (κ1) is 33.2. The third-order valence-electron chi connectivity index (χ3n) is 4.23. The molecule has 1 radical (unpaired) electrons. The molecule has 0 aromatic heterocycles. The van der Waals surface area contributed by atoms with Gasteiger partial charge in [-0.3, -0.25) is 14.4 Å². The van der Waals surface area contributed by atoms with Crippen LogP contribution in [0.5, 0.6) is 0 Å². The van der Waals surface area contributed by atoms with Gasteiger partial charge in [0.15, 0.2) is 17.3 Å². The summed E-state index contributed by atoms with van der Waals surface area (Å²) in [6.45, 7) is 4.21. The van der Waals surface area contributed by atoms with E-state index in [2.05, 4.69) is 0 Å². The second-order valence-corrected chi connectivity index (χ2v) is 7.52. The number of hydrogen-bond donors (Lipinski definition) is 3. The summed E-state index contributed by atoms with van der Waals surface area (Å²) in [6, 6.07) is 26.9. The monoisotopic (exact) mass is 691 g/mol. The van der Waals surface area contributed by atoms with Crippen LogP contribution in [0.2, 0.25) is 0 Å². The minimum atomic E-state index is -0.156. The van der Waals surface area contributed by atoms with E-state index in [0.29, 0.717) is 16.7 Å². The van der Waals surface area contributed by atoms with Gasteiger partial charge in [0.2, 0.25) is 0 Å². The van der Waals surface area contributed by atoms with Crippen LogP contribution >= 0.6 is 0 Å². The van der Waals surface area contributed by atoms with Gasteiger partial charge in [0.1, 0.15) is 17.3 Å². The van der Waals surface area contributed by atoms with Crippen molar-refractivity contribution in [1.82, 2.24) is 0 Å². The minimum Gasteiger partial charge on any atom is -0.507 e. The zero-order valence-electron chi connectivity index (χ0n) is 21.0. The van der Waals surface area contributed by atoms with Gasteiger partial charge in [-0.05, 0) is 20.8 Å². The van der Waals surface area contributed by atoms with Crippen LogP contribution in [-0.4, -0.2) is 60.0 Å². The van der Waals surface area contributed by atoms with Gasteiger partial charge in [-0.2, -0.15) is 0 Å². The molecule has 0 bridgehead atoms. The summed E-state index contributed by atoms with van der Waals surface area (Å²) in [4.78, 5) is 31.8. The molecule has 0 aliphatic heterocycles. The van der Waals surface area contributed by atoms with Crippen LogP contribution < -0.4 is 0 Å². The SMILES string of the molecule is CC(=O)/C=C(\O)c1ccccc1.CC(=O)/C=C(\O)c1ccccc1.CC(=O)/C=C(\O)c1ccccc1.[Tl]. The van der Waals surface area contributed by atoms with Crippen LogP contribution in [0.25, 0.3) is 17.3 Å². The molecular formula is C30H30O6Tl. The quantitative estimate of drug-likeness (QED) is 0.163.